The zero-order chi connectivity index (χ0) is 16.5. The van der Waals surface area contributed by atoms with Crippen molar-refractivity contribution in [2.75, 3.05) is 19.5 Å². The number of phosphoric acid groups is 1. The number of nitrogens with two attached hydrogens (primary N) is 1. The standard InChI is InChI=1S/C10H16N3O8P/c1-19-22(17,18)20-4-5-7(14)8(15)9(21-5)13-3-2-6(11)12-10(13)16/h2-3,5,7-9,14-15H,4H2,1H3,(H,17,18)(H2,11,12,16)/t5-,7?,8?,9-/m1/s1. The molecule has 1 fully saturated rings. The maximum atomic E-state index is 11.7. The summed E-state index contributed by atoms with van der Waals surface area (Å²) in [4.78, 5) is 24.3. The second kappa shape index (κ2) is 6.42. The predicted molar refractivity (Wildman–Crippen MR) is 71.6 cm³/mol. The summed E-state index contributed by atoms with van der Waals surface area (Å²) in [5, 5.41) is 19.8. The maximum Gasteiger partial charge on any atom is 0.472 e. The molecule has 0 spiro atoms. The van der Waals surface area contributed by atoms with Gasteiger partial charge in [0.2, 0.25) is 0 Å². The van der Waals surface area contributed by atoms with Gasteiger partial charge in [-0.05, 0) is 6.07 Å². The molecule has 124 valence electrons. The maximum absolute atomic E-state index is 11.7. The summed E-state index contributed by atoms with van der Waals surface area (Å²) in [7, 11) is -3.27. The molecular formula is C10H16N3O8P. The van der Waals surface area contributed by atoms with E-state index in [4.69, 9.17) is 15.4 Å². The first-order chi connectivity index (χ1) is 10.2. The highest BCUT2D eigenvalue weighted by Gasteiger charge is 2.45. The lowest BCUT2D eigenvalue weighted by Gasteiger charge is -2.17. The highest BCUT2D eigenvalue weighted by Crippen LogP contribution is 2.43. The van der Waals surface area contributed by atoms with Crippen LogP contribution in [0.1, 0.15) is 6.23 Å². The van der Waals surface area contributed by atoms with Gasteiger partial charge in [0, 0.05) is 13.3 Å². The number of hydrogen-bond donors (Lipinski definition) is 4. The highest BCUT2D eigenvalue weighted by atomic mass is 31.2. The van der Waals surface area contributed by atoms with E-state index in [1.807, 2.05) is 0 Å². The van der Waals surface area contributed by atoms with Crippen LogP contribution in [0.2, 0.25) is 0 Å². The Kier molecular flexibility index (Phi) is 4.97. The van der Waals surface area contributed by atoms with Crippen LogP contribution in [-0.2, 0) is 18.3 Å². The van der Waals surface area contributed by atoms with E-state index in [1.165, 1.54) is 12.3 Å². The molecule has 0 radical (unpaired) electrons. The van der Waals surface area contributed by atoms with E-state index in [2.05, 4.69) is 14.0 Å². The van der Waals surface area contributed by atoms with Gasteiger partial charge in [0.25, 0.3) is 0 Å². The molecule has 0 saturated carbocycles. The number of aliphatic hydroxyl groups excluding tert-OH is 2. The molecule has 22 heavy (non-hydrogen) atoms. The fraction of sp³-hybridized carbons (Fsp3) is 0.600. The van der Waals surface area contributed by atoms with Crippen molar-refractivity contribution in [1.82, 2.24) is 9.55 Å². The second-order valence-electron chi connectivity index (χ2n) is 4.54. The van der Waals surface area contributed by atoms with Gasteiger partial charge in [-0.2, -0.15) is 4.98 Å². The summed E-state index contributed by atoms with van der Waals surface area (Å²) < 4.78 is 26.2. The molecule has 1 aliphatic rings. The Hall–Kier alpha value is -1.33. The van der Waals surface area contributed by atoms with Gasteiger partial charge in [0.05, 0.1) is 6.61 Å². The molecule has 0 bridgehead atoms. The number of aliphatic hydroxyl groups is 2. The molecule has 1 saturated heterocycles. The minimum Gasteiger partial charge on any atom is -0.387 e. The zero-order valence-corrected chi connectivity index (χ0v) is 12.4. The van der Waals surface area contributed by atoms with Crippen LogP contribution >= 0.6 is 7.82 Å². The number of rotatable bonds is 5. The van der Waals surface area contributed by atoms with Crippen LogP contribution in [-0.4, -0.2) is 56.7 Å². The van der Waals surface area contributed by atoms with Gasteiger partial charge in [-0.3, -0.25) is 13.6 Å². The third-order valence-electron chi connectivity index (χ3n) is 3.10. The van der Waals surface area contributed by atoms with E-state index in [1.54, 1.807) is 0 Å². The number of anilines is 1. The minimum absolute atomic E-state index is 0.00418. The topological polar surface area (TPSA) is 166 Å². The van der Waals surface area contributed by atoms with Crippen LogP contribution in [0.3, 0.4) is 0 Å². The number of ether oxygens (including phenoxy) is 1. The first kappa shape index (κ1) is 17.0. The third kappa shape index (κ3) is 3.52. The molecule has 11 nitrogen and oxygen atoms in total. The van der Waals surface area contributed by atoms with Crippen LogP contribution in [0.15, 0.2) is 17.1 Å². The summed E-state index contributed by atoms with van der Waals surface area (Å²) >= 11 is 0. The number of nitrogen functional groups attached to an aromatic ring is 1. The molecule has 0 aliphatic carbocycles. The van der Waals surface area contributed by atoms with Crippen LogP contribution in [0.4, 0.5) is 5.82 Å². The average molecular weight is 337 g/mol. The number of nitrogens with zero attached hydrogens (tertiary/aromatic N) is 2. The van der Waals surface area contributed by atoms with Gasteiger partial charge in [-0.25, -0.2) is 9.36 Å². The van der Waals surface area contributed by atoms with Crippen molar-refractivity contribution < 1.29 is 33.5 Å². The molecule has 2 rings (SSSR count). The Morgan fingerprint density at radius 1 is 1.50 bits per heavy atom. The fourth-order valence-electron chi connectivity index (χ4n) is 1.94. The van der Waals surface area contributed by atoms with Crippen molar-refractivity contribution in [3.8, 4) is 0 Å². The van der Waals surface area contributed by atoms with Crippen molar-refractivity contribution in [3.05, 3.63) is 22.7 Å². The molecule has 5 atom stereocenters. The number of hydrogen-bond acceptors (Lipinski definition) is 9. The van der Waals surface area contributed by atoms with E-state index in [0.717, 1.165) is 11.7 Å². The Balaban J connectivity index is 2.13. The monoisotopic (exact) mass is 337 g/mol. The number of phosphoric ester groups is 1. The molecule has 1 aromatic heterocycles. The van der Waals surface area contributed by atoms with Gasteiger partial charge in [0.1, 0.15) is 24.1 Å². The molecule has 5 N–H and O–H groups in total. The van der Waals surface area contributed by atoms with E-state index >= 15 is 0 Å². The molecule has 0 aromatic carbocycles. The number of aromatic nitrogens is 2. The van der Waals surface area contributed by atoms with Crippen molar-refractivity contribution >= 4 is 13.6 Å². The summed E-state index contributed by atoms with van der Waals surface area (Å²) in [6.45, 7) is -0.520. The minimum atomic E-state index is -4.25. The Morgan fingerprint density at radius 3 is 2.77 bits per heavy atom. The first-order valence-electron chi connectivity index (χ1n) is 6.14. The summed E-state index contributed by atoms with van der Waals surface area (Å²) in [5.74, 6) is -0.00418. The van der Waals surface area contributed by atoms with Crippen LogP contribution < -0.4 is 11.4 Å². The highest BCUT2D eigenvalue weighted by molar-refractivity contribution is 7.47. The lowest BCUT2D eigenvalue weighted by Crippen LogP contribution is -2.36. The lowest BCUT2D eigenvalue weighted by molar-refractivity contribution is -0.0546. The van der Waals surface area contributed by atoms with E-state index in [-0.39, 0.29) is 5.82 Å². The molecule has 1 aromatic rings. The van der Waals surface area contributed by atoms with Gasteiger partial charge in [-0.1, -0.05) is 0 Å². The predicted octanol–water partition coefficient (Wildman–Crippen LogP) is -1.79. The normalized spacial score (nSPS) is 31.1. The Morgan fingerprint density at radius 2 is 2.18 bits per heavy atom. The van der Waals surface area contributed by atoms with Gasteiger partial charge >= 0.3 is 13.5 Å². The fourth-order valence-corrected chi connectivity index (χ4v) is 2.38. The van der Waals surface area contributed by atoms with Crippen molar-refractivity contribution in [3.63, 3.8) is 0 Å². The molecule has 2 heterocycles. The van der Waals surface area contributed by atoms with E-state index in [0.29, 0.717) is 0 Å². The molecule has 1 aliphatic heterocycles. The lowest BCUT2D eigenvalue weighted by atomic mass is 10.1. The Labute approximate surface area is 124 Å². The SMILES string of the molecule is COP(=O)(O)OC[C@H]1O[C@@H](n2ccc(N)nc2=O)C(O)C1O. The molecule has 3 unspecified atom stereocenters. The van der Waals surface area contributed by atoms with Crippen molar-refractivity contribution in [1.29, 1.82) is 0 Å². The summed E-state index contributed by atoms with van der Waals surface area (Å²) in [6.07, 6.45) is -4.02. The molecule has 12 heteroatoms. The third-order valence-corrected chi connectivity index (χ3v) is 4.03. The second-order valence-corrected chi connectivity index (χ2v) is 6.10. The van der Waals surface area contributed by atoms with E-state index < -0.39 is 44.7 Å². The quantitative estimate of drug-likeness (QED) is 0.450. The van der Waals surface area contributed by atoms with Crippen LogP contribution in [0.25, 0.3) is 0 Å². The van der Waals surface area contributed by atoms with Crippen molar-refractivity contribution in [2.24, 2.45) is 0 Å². The summed E-state index contributed by atoms with van der Waals surface area (Å²) in [5.41, 5.74) is 4.58. The first-order valence-corrected chi connectivity index (χ1v) is 7.64. The van der Waals surface area contributed by atoms with Gasteiger partial charge < -0.3 is 25.6 Å². The van der Waals surface area contributed by atoms with Crippen LogP contribution in [0.5, 0.6) is 0 Å². The van der Waals surface area contributed by atoms with E-state index in [9.17, 15) is 19.6 Å². The van der Waals surface area contributed by atoms with Gasteiger partial charge in [0.15, 0.2) is 6.23 Å². The summed E-state index contributed by atoms with van der Waals surface area (Å²) in [6, 6.07) is 1.32. The molecule has 0 amide bonds. The van der Waals surface area contributed by atoms with Gasteiger partial charge in [-0.15, -0.1) is 0 Å². The van der Waals surface area contributed by atoms with Crippen molar-refractivity contribution in [2.45, 2.75) is 24.5 Å². The van der Waals surface area contributed by atoms with Crippen LogP contribution in [0, 0.1) is 0 Å². The average Bonchev–Trinajstić information content (AvgIpc) is 2.73. The molecular weight excluding hydrogens is 321 g/mol. The smallest absolute Gasteiger partial charge is 0.387 e. The Bertz CT molecular complexity index is 637. The zero-order valence-electron chi connectivity index (χ0n) is 11.5. The largest absolute Gasteiger partial charge is 0.472 e.